The van der Waals surface area contributed by atoms with Crippen LogP contribution in [-0.4, -0.2) is 30.4 Å². The smallest absolute Gasteiger partial charge is 0.338 e. The molecule has 0 bridgehead atoms. The first-order valence-corrected chi connectivity index (χ1v) is 13.4. The summed E-state index contributed by atoms with van der Waals surface area (Å²) < 4.78 is 18.6. The minimum atomic E-state index is -0.720. The summed E-state index contributed by atoms with van der Waals surface area (Å²) in [6.07, 6.45) is 1.69. The molecule has 0 fully saturated rings. The van der Waals surface area contributed by atoms with Crippen molar-refractivity contribution in [1.29, 1.82) is 0 Å². The van der Waals surface area contributed by atoms with Gasteiger partial charge < -0.3 is 14.2 Å². The van der Waals surface area contributed by atoms with Gasteiger partial charge in [0, 0.05) is 10.6 Å². The molecule has 0 radical (unpaired) electrons. The van der Waals surface area contributed by atoms with Gasteiger partial charge in [0.25, 0.3) is 5.56 Å². The van der Waals surface area contributed by atoms with Crippen molar-refractivity contribution in [3.05, 3.63) is 88.5 Å². The fourth-order valence-electron chi connectivity index (χ4n) is 4.15. The van der Waals surface area contributed by atoms with Crippen LogP contribution in [0.1, 0.15) is 44.9 Å². The molecule has 0 aliphatic carbocycles. The highest BCUT2D eigenvalue weighted by Gasteiger charge is 2.33. The zero-order valence-electron chi connectivity index (χ0n) is 20.8. The van der Waals surface area contributed by atoms with Gasteiger partial charge in [0.2, 0.25) is 0 Å². The topological polar surface area (TPSA) is 79.1 Å². The summed E-state index contributed by atoms with van der Waals surface area (Å²) in [5.74, 6) is 0.612. The quantitative estimate of drug-likeness (QED) is 0.366. The molecule has 1 aliphatic heterocycles. The Bertz CT molecular complexity index is 1540. The van der Waals surface area contributed by atoms with Gasteiger partial charge in [-0.2, -0.15) is 0 Å². The molecule has 0 saturated heterocycles. The van der Waals surface area contributed by atoms with Crippen molar-refractivity contribution in [2.75, 3.05) is 19.8 Å². The summed E-state index contributed by atoms with van der Waals surface area (Å²) in [6, 6.07) is 9.87. The first-order valence-electron chi connectivity index (χ1n) is 11.8. The molecule has 0 unspecified atom stereocenters. The molecule has 0 amide bonds. The zero-order chi connectivity index (χ0) is 26.7. The van der Waals surface area contributed by atoms with E-state index in [2.05, 4.69) is 4.99 Å². The Labute approximate surface area is 228 Å². The summed E-state index contributed by atoms with van der Waals surface area (Å²) >= 11 is 13.8. The van der Waals surface area contributed by atoms with Crippen LogP contribution in [0.4, 0.5) is 0 Å². The maximum Gasteiger partial charge on any atom is 0.338 e. The number of nitrogens with zero attached hydrogens (tertiary/aromatic N) is 2. The average molecular weight is 561 g/mol. The molecule has 4 rings (SSSR count). The Hall–Kier alpha value is -3.07. The molecule has 2 heterocycles. The predicted octanol–water partition coefficient (Wildman–Crippen LogP) is 4.90. The molecule has 3 aromatic rings. The van der Waals surface area contributed by atoms with E-state index in [1.807, 2.05) is 38.1 Å². The number of halogens is 2. The molecular weight excluding hydrogens is 535 g/mol. The Kier molecular flexibility index (Phi) is 8.42. The highest BCUT2D eigenvalue weighted by molar-refractivity contribution is 7.07. The minimum Gasteiger partial charge on any atom is -0.494 e. The van der Waals surface area contributed by atoms with Crippen molar-refractivity contribution in [2.24, 2.45) is 4.99 Å². The number of fused-ring (bicyclic) bond motifs is 1. The number of carbonyl (C=O) groups excluding carboxylic acids is 1. The highest BCUT2D eigenvalue weighted by atomic mass is 35.5. The van der Waals surface area contributed by atoms with Gasteiger partial charge in [-0.1, -0.05) is 46.7 Å². The second-order valence-corrected chi connectivity index (χ2v) is 9.90. The van der Waals surface area contributed by atoms with Crippen LogP contribution in [0.3, 0.4) is 0 Å². The van der Waals surface area contributed by atoms with E-state index in [4.69, 9.17) is 37.4 Å². The fourth-order valence-corrected chi connectivity index (χ4v) is 5.75. The zero-order valence-corrected chi connectivity index (χ0v) is 23.2. The van der Waals surface area contributed by atoms with E-state index in [1.54, 1.807) is 32.1 Å². The number of ether oxygens (including phenoxy) is 3. The lowest BCUT2D eigenvalue weighted by Crippen LogP contribution is -2.39. The van der Waals surface area contributed by atoms with E-state index in [0.717, 1.165) is 5.56 Å². The third kappa shape index (κ3) is 5.46. The third-order valence-electron chi connectivity index (χ3n) is 5.64. The van der Waals surface area contributed by atoms with Crippen molar-refractivity contribution in [1.82, 2.24) is 4.57 Å². The van der Waals surface area contributed by atoms with E-state index < -0.39 is 12.0 Å². The van der Waals surface area contributed by atoms with Gasteiger partial charge in [-0.3, -0.25) is 9.36 Å². The average Bonchev–Trinajstić information content (AvgIpc) is 3.15. The van der Waals surface area contributed by atoms with E-state index >= 15 is 0 Å². The number of rotatable bonds is 8. The monoisotopic (exact) mass is 560 g/mol. The van der Waals surface area contributed by atoms with Crippen LogP contribution in [0.5, 0.6) is 11.5 Å². The summed E-state index contributed by atoms with van der Waals surface area (Å²) in [7, 11) is 0. The summed E-state index contributed by atoms with van der Waals surface area (Å²) in [6.45, 7) is 8.35. The number of carbonyl (C=O) groups is 1. The first kappa shape index (κ1) is 27.0. The second-order valence-electron chi connectivity index (χ2n) is 8.04. The predicted molar refractivity (Wildman–Crippen MR) is 146 cm³/mol. The molecule has 0 saturated carbocycles. The fraction of sp³-hybridized carbons (Fsp3) is 0.296. The third-order valence-corrected chi connectivity index (χ3v) is 7.12. The highest BCUT2D eigenvalue weighted by Crippen LogP contribution is 2.34. The van der Waals surface area contributed by atoms with Gasteiger partial charge in [-0.15, -0.1) is 0 Å². The number of hydrogen-bond donors (Lipinski definition) is 0. The minimum absolute atomic E-state index is 0.200. The number of esters is 1. The Morgan fingerprint density at radius 3 is 2.43 bits per heavy atom. The van der Waals surface area contributed by atoms with Gasteiger partial charge >= 0.3 is 5.97 Å². The maximum atomic E-state index is 13.8. The van der Waals surface area contributed by atoms with E-state index in [0.29, 0.717) is 60.9 Å². The molecule has 1 aliphatic rings. The normalized spacial score (nSPS) is 15.3. The van der Waals surface area contributed by atoms with Crippen LogP contribution in [-0.2, 0) is 9.53 Å². The summed E-state index contributed by atoms with van der Waals surface area (Å²) in [4.78, 5) is 31.9. The Balaban J connectivity index is 1.94. The van der Waals surface area contributed by atoms with E-state index in [9.17, 15) is 9.59 Å². The van der Waals surface area contributed by atoms with Crippen molar-refractivity contribution in [2.45, 2.75) is 33.7 Å². The van der Waals surface area contributed by atoms with Crippen LogP contribution in [0, 0.1) is 0 Å². The molecule has 37 heavy (non-hydrogen) atoms. The number of aromatic nitrogens is 1. The molecule has 10 heteroatoms. The van der Waals surface area contributed by atoms with Gasteiger partial charge in [-0.25, -0.2) is 9.79 Å². The number of hydrogen-bond acceptors (Lipinski definition) is 7. The maximum absolute atomic E-state index is 13.8. The standard InChI is InChI=1S/C27H26Cl2N2O5S/c1-5-34-19-10-8-16(9-11-19)23-22(26(33)36-7-3)15(4)30-27-31(23)25(32)21(37-27)13-17-12-18(28)14-20(29)24(17)35-6-2/h8-14,23H,5-7H2,1-4H3/b21-13-/t23-/m1/s1. The Morgan fingerprint density at radius 2 is 1.78 bits per heavy atom. The van der Waals surface area contributed by atoms with Gasteiger partial charge in [-0.05, 0) is 63.6 Å². The lowest BCUT2D eigenvalue weighted by molar-refractivity contribution is -0.139. The van der Waals surface area contributed by atoms with Crippen LogP contribution in [0.2, 0.25) is 10.0 Å². The molecule has 0 N–H and O–H groups in total. The summed E-state index contributed by atoms with van der Waals surface area (Å²) in [5, 5.41) is 0.765. The lowest BCUT2D eigenvalue weighted by Gasteiger charge is -2.24. The van der Waals surface area contributed by atoms with Gasteiger partial charge in [0.15, 0.2) is 4.80 Å². The van der Waals surface area contributed by atoms with Crippen LogP contribution in [0.15, 0.2) is 57.5 Å². The molecule has 1 atom stereocenters. The Morgan fingerprint density at radius 1 is 1.08 bits per heavy atom. The van der Waals surface area contributed by atoms with E-state index in [1.165, 1.54) is 15.9 Å². The molecule has 1 aromatic heterocycles. The molecule has 2 aromatic carbocycles. The van der Waals surface area contributed by atoms with Gasteiger partial charge in [0.1, 0.15) is 11.5 Å². The van der Waals surface area contributed by atoms with Crippen molar-refractivity contribution >= 4 is 46.6 Å². The van der Waals surface area contributed by atoms with Crippen molar-refractivity contribution < 1.29 is 19.0 Å². The SMILES string of the molecule is CCOC(=O)C1=C(C)N=c2s/c(=C\c3cc(Cl)cc(Cl)c3OCC)c(=O)n2[C@@H]1c1ccc(OCC)cc1. The van der Waals surface area contributed by atoms with E-state index in [-0.39, 0.29) is 12.2 Å². The van der Waals surface area contributed by atoms with Gasteiger partial charge in [0.05, 0.1) is 46.7 Å². The first-order chi connectivity index (χ1) is 17.8. The lowest BCUT2D eigenvalue weighted by atomic mass is 9.96. The number of benzene rings is 2. The summed E-state index contributed by atoms with van der Waals surface area (Å²) in [5.41, 5.74) is 1.80. The molecule has 0 spiro atoms. The van der Waals surface area contributed by atoms with Crippen LogP contribution >= 0.6 is 34.5 Å². The van der Waals surface area contributed by atoms with Crippen molar-refractivity contribution in [3.8, 4) is 11.5 Å². The van der Waals surface area contributed by atoms with Crippen LogP contribution < -0.4 is 24.4 Å². The largest absolute Gasteiger partial charge is 0.494 e. The molecular formula is C27H26Cl2N2O5S. The second kappa shape index (κ2) is 11.5. The van der Waals surface area contributed by atoms with Crippen LogP contribution in [0.25, 0.3) is 6.08 Å². The van der Waals surface area contributed by atoms with Crippen molar-refractivity contribution in [3.63, 3.8) is 0 Å². The molecule has 7 nitrogen and oxygen atoms in total. The molecule has 194 valence electrons. The number of allylic oxidation sites excluding steroid dienone is 1. The number of thiazole rings is 1.